The Bertz CT molecular complexity index is 1470. The van der Waals surface area contributed by atoms with Gasteiger partial charge >= 0.3 is 0 Å². The fourth-order valence-electron chi connectivity index (χ4n) is 3.66. The first-order valence-electron chi connectivity index (χ1n) is 13.7. The highest BCUT2D eigenvalue weighted by molar-refractivity contribution is 6.00. The molecule has 2 atom stereocenters. The largest absolute Gasteiger partial charge is 0.494 e. The lowest BCUT2D eigenvalue weighted by molar-refractivity contribution is -0.122. The molecule has 0 spiro atoms. The zero-order chi connectivity index (χ0) is 30.6. The standard InChI is InChI=1S/C25H30N8O6/c1-5-18(35)29-19(12(2)34)22-30-25(39-33-22)14-7-6-8-15(21(14)38-4)27-16-11-17(28-23(36)13-9-10-13)31-32-20(16)24(37)26-3/h6-8,11-13,19,34H,5,9-10H2,1-4H3,(H,26,37)(H,29,35)(H2,27,28,31,36)/t12-,19+/m1/s1/i3D3. The van der Waals surface area contributed by atoms with Crippen molar-refractivity contribution in [3.8, 4) is 17.2 Å². The van der Waals surface area contributed by atoms with Crippen LogP contribution in [0.5, 0.6) is 5.75 Å². The number of nitrogens with zero attached hydrogens (tertiary/aromatic N) is 4. The molecule has 2 aromatic heterocycles. The van der Waals surface area contributed by atoms with Crippen LogP contribution in [-0.2, 0) is 9.59 Å². The van der Waals surface area contributed by atoms with Gasteiger partial charge in [-0.1, -0.05) is 18.1 Å². The predicted molar refractivity (Wildman–Crippen MR) is 139 cm³/mol. The van der Waals surface area contributed by atoms with E-state index in [0.717, 1.165) is 12.8 Å². The third kappa shape index (κ3) is 6.29. The molecular weight excluding hydrogens is 508 g/mol. The Morgan fingerprint density at radius 2 is 2.05 bits per heavy atom. The molecule has 14 heteroatoms. The number of nitrogens with one attached hydrogen (secondary N) is 4. The Balaban J connectivity index is 1.69. The number of rotatable bonds is 11. The van der Waals surface area contributed by atoms with Gasteiger partial charge in [-0.2, -0.15) is 4.98 Å². The van der Waals surface area contributed by atoms with E-state index < -0.39 is 25.0 Å². The number of methoxy groups -OCH3 is 1. The summed E-state index contributed by atoms with van der Waals surface area (Å²) >= 11 is 0. The van der Waals surface area contributed by atoms with Gasteiger partial charge < -0.3 is 35.6 Å². The first-order valence-corrected chi connectivity index (χ1v) is 12.2. The summed E-state index contributed by atoms with van der Waals surface area (Å²) in [4.78, 5) is 41.3. The quantitative estimate of drug-likeness (QED) is 0.238. The molecular formula is C25H30N8O6. The van der Waals surface area contributed by atoms with E-state index in [1.54, 1.807) is 25.1 Å². The lowest BCUT2D eigenvalue weighted by atomic mass is 10.1. The SMILES string of the molecule is [2H]C([2H])([2H])NC(=O)c1nnc(NC(=O)C2CC2)cc1Nc1cccc(-c2nc([C@@H](NC(=O)CC)[C@@H](C)O)no2)c1OC. The molecule has 5 N–H and O–H groups in total. The molecule has 2 heterocycles. The number of aromatic nitrogens is 4. The van der Waals surface area contributed by atoms with E-state index >= 15 is 0 Å². The predicted octanol–water partition coefficient (Wildman–Crippen LogP) is 1.93. The van der Waals surface area contributed by atoms with Crippen LogP contribution in [0, 0.1) is 5.92 Å². The molecule has 1 saturated carbocycles. The highest BCUT2D eigenvalue weighted by atomic mass is 16.5. The molecule has 39 heavy (non-hydrogen) atoms. The van der Waals surface area contributed by atoms with E-state index in [4.69, 9.17) is 13.4 Å². The number of benzene rings is 1. The number of hydrogen-bond acceptors (Lipinski definition) is 11. The normalized spacial score (nSPS) is 15.6. The molecule has 0 unspecified atom stereocenters. The van der Waals surface area contributed by atoms with Crippen molar-refractivity contribution in [1.82, 2.24) is 31.0 Å². The van der Waals surface area contributed by atoms with E-state index in [1.165, 1.54) is 20.1 Å². The number of aliphatic hydroxyl groups excluding tert-OH is 1. The van der Waals surface area contributed by atoms with Crippen LogP contribution in [-0.4, -0.2) is 63.4 Å². The minimum absolute atomic E-state index is 0.00695. The van der Waals surface area contributed by atoms with Crippen molar-refractivity contribution < 1.29 is 32.9 Å². The van der Waals surface area contributed by atoms with Crippen LogP contribution in [0.15, 0.2) is 28.8 Å². The van der Waals surface area contributed by atoms with E-state index in [-0.39, 0.29) is 64.5 Å². The fourth-order valence-corrected chi connectivity index (χ4v) is 3.66. The van der Waals surface area contributed by atoms with Crippen molar-refractivity contribution in [1.29, 1.82) is 0 Å². The summed E-state index contributed by atoms with van der Waals surface area (Å²) in [6.07, 6.45) is 0.688. The smallest absolute Gasteiger partial charge is 0.273 e. The minimum Gasteiger partial charge on any atom is -0.494 e. The first-order chi connectivity index (χ1) is 19.9. The molecule has 0 bridgehead atoms. The number of ether oxygens (including phenoxy) is 1. The fraction of sp³-hybridized carbons (Fsp3) is 0.400. The Kier molecular flexibility index (Phi) is 7.15. The van der Waals surface area contributed by atoms with Gasteiger partial charge in [-0.05, 0) is 31.9 Å². The number of hydrogen-bond donors (Lipinski definition) is 5. The minimum atomic E-state index is -2.79. The molecule has 3 aromatic rings. The van der Waals surface area contributed by atoms with Gasteiger partial charge in [0.25, 0.3) is 11.8 Å². The Hall–Kier alpha value is -4.59. The number of para-hydroxylation sites is 1. The molecule has 14 nitrogen and oxygen atoms in total. The molecule has 1 aromatic carbocycles. The summed E-state index contributed by atoms with van der Waals surface area (Å²) in [5.41, 5.74) is 0.284. The summed E-state index contributed by atoms with van der Waals surface area (Å²) in [6, 6.07) is 5.28. The lowest BCUT2D eigenvalue weighted by Gasteiger charge is -2.17. The van der Waals surface area contributed by atoms with Crippen molar-refractivity contribution in [2.24, 2.45) is 5.92 Å². The number of aliphatic hydroxyl groups is 1. The molecule has 0 aliphatic heterocycles. The van der Waals surface area contributed by atoms with Crippen molar-refractivity contribution in [3.63, 3.8) is 0 Å². The van der Waals surface area contributed by atoms with Crippen molar-refractivity contribution >= 4 is 34.9 Å². The van der Waals surface area contributed by atoms with Crippen LogP contribution in [0.4, 0.5) is 17.2 Å². The van der Waals surface area contributed by atoms with Crippen LogP contribution in [0.3, 0.4) is 0 Å². The summed E-state index contributed by atoms with van der Waals surface area (Å²) in [5.74, 6) is -1.41. The maximum Gasteiger partial charge on any atom is 0.273 e. The third-order valence-electron chi connectivity index (χ3n) is 5.88. The van der Waals surface area contributed by atoms with Crippen LogP contribution < -0.4 is 26.0 Å². The van der Waals surface area contributed by atoms with Gasteiger partial charge in [0, 0.05) is 29.5 Å². The van der Waals surface area contributed by atoms with Crippen LogP contribution in [0.25, 0.3) is 11.5 Å². The maximum absolute atomic E-state index is 12.8. The van der Waals surface area contributed by atoms with Crippen LogP contribution >= 0.6 is 0 Å². The monoisotopic (exact) mass is 541 g/mol. The number of carbonyl (C=O) groups is 3. The summed E-state index contributed by atoms with van der Waals surface area (Å²) in [5, 5.41) is 32.0. The first kappa shape index (κ1) is 23.5. The lowest BCUT2D eigenvalue weighted by Crippen LogP contribution is -2.35. The number of anilines is 3. The van der Waals surface area contributed by atoms with Gasteiger partial charge in [0.2, 0.25) is 11.8 Å². The van der Waals surface area contributed by atoms with E-state index in [1.807, 2.05) is 5.32 Å². The maximum atomic E-state index is 12.8. The second-order valence-electron chi connectivity index (χ2n) is 8.82. The molecule has 1 fully saturated rings. The van der Waals surface area contributed by atoms with Gasteiger partial charge in [-0.25, -0.2) is 0 Å². The molecule has 4 rings (SSSR count). The highest BCUT2D eigenvalue weighted by Gasteiger charge is 2.30. The summed E-state index contributed by atoms with van der Waals surface area (Å²) < 4.78 is 33.2. The molecule has 1 aliphatic carbocycles. The van der Waals surface area contributed by atoms with Gasteiger partial charge in [0.05, 0.1) is 30.2 Å². The van der Waals surface area contributed by atoms with Gasteiger partial charge in [-0.15, -0.1) is 10.2 Å². The van der Waals surface area contributed by atoms with Crippen molar-refractivity contribution in [3.05, 3.63) is 35.8 Å². The second kappa shape index (κ2) is 11.9. The highest BCUT2D eigenvalue weighted by Crippen LogP contribution is 2.38. The topological polar surface area (TPSA) is 193 Å². The summed E-state index contributed by atoms with van der Waals surface area (Å²) in [7, 11) is 1.38. The summed E-state index contributed by atoms with van der Waals surface area (Å²) in [6.45, 7) is 0.356. The van der Waals surface area contributed by atoms with Gasteiger partial charge in [-0.3, -0.25) is 14.4 Å². The van der Waals surface area contributed by atoms with Gasteiger partial charge in [0.1, 0.15) is 6.04 Å². The Labute approximate surface area is 228 Å². The average Bonchev–Trinajstić information content (AvgIpc) is 3.67. The Morgan fingerprint density at radius 1 is 1.26 bits per heavy atom. The Morgan fingerprint density at radius 3 is 2.72 bits per heavy atom. The number of amides is 3. The van der Waals surface area contributed by atoms with Crippen molar-refractivity contribution in [2.75, 3.05) is 24.7 Å². The average molecular weight is 542 g/mol. The van der Waals surface area contributed by atoms with Crippen molar-refractivity contribution in [2.45, 2.75) is 45.3 Å². The third-order valence-corrected chi connectivity index (χ3v) is 5.88. The molecule has 1 aliphatic rings. The van der Waals surface area contributed by atoms with E-state index in [0.29, 0.717) is 5.56 Å². The van der Waals surface area contributed by atoms with Crippen LogP contribution in [0.2, 0.25) is 0 Å². The van der Waals surface area contributed by atoms with Crippen LogP contribution in [0.1, 0.15) is 59.6 Å². The van der Waals surface area contributed by atoms with E-state index in [2.05, 4.69) is 36.3 Å². The zero-order valence-electron chi connectivity index (χ0n) is 24.4. The molecule has 206 valence electrons. The second-order valence-corrected chi connectivity index (χ2v) is 8.82. The molecule has 0 radical (unpaired) electrons. The molecule has 0 saturated heterocycles. The number of carbonyl (C=O) groups excluding carboxylic acids is 3. The zero-order valence-corrected chi connectivity index (χ0v) is 21.4. The van der Waals surface area contributed by atoms with E-state index in [9.17, 15) is 19.5 Å². The van der Waals surface area contributed by atoms with Gasteiger partial charge in [0.15, 0.2) is 23.1 Å². The molecule has 3 amide bonds.